The van der Waals surface area contributed by atoms with E-state index in [4.69, 9.17) is 4.74 Å². The van der Waals surface area contributed by atoms with Crippen molar-refractivity contribution >= 4 is 28.6 Å². The molecule has 1 heterocycles. The Bertz CT molecular complexity index is 1270. The lowest BCUT2D eigenvalue weighted by atomic mass is 10.1. The molecular formula is C24H21N5O3. The zero-order valence-electron chi connectivity index (χ0n) is 17.6. The first-order valence-electron chi connectivity index (χ1n) is 10.1. The van der Waals surface area contributed by atoms with Crippen molar-refractivity contribution < 1.29 is 9.66 Å². The predicted octanol–water partition coefficient (Wildman–Crippen LogP) is 5.44. The highest BCUT2D eigenvalue weighted by molar-refractivity contribution is 5.91. The largest absolute Gasteiger partial charge is 0.491 e. The first-order chi connectivity index (χ1) is 15.5. The fraction of sp³-hybridized carbons (Fsp3) is 0.125. The molecule has 32 heavy (non-hydrogen) atoms. The number of rotatable bonds is 7. The lowest BCUT2D eigenvalue weighted by Crippen LogP contribution is -2.05. The number of para-hydroxylation sites is 1. The second-order valence-electron chi connectivity index (χ2n) is 7.32. The van der Waals surface area contributed by atoms with Crippen molar-refractivity contribution in [2.75, 3.05) is 5.43 Å². The minimum atomic E-state index is -0.435. The van der Waals surface area contributed by atoms with Crippen LogP contribution in [0.4, 0.5) is 11.5 Å². The topological polar surface area (TPSA) is 103 Å². The van der Waals surface area contributed by atoms with Crippen LogP contribution >= 0.6 is 0 Å². The van der Waals surface area contributed by atoms with Crippen molar-refractivity contribution in [3.8, 4) is 17.1 Å². The van der Waals surface area contributed by atoms with Gasteiger partial charge in [0.25, 0.3) is 5.69 Å². The molecule has 160 valence electrons. The van der Waals surface area contributed by atoms with E-state index >= 15 is 0 Å². The Morgan fingerprint density at radius 2 is 1.72 bits per heavy atom. The lowest BCUT2D eigenvalue weighted by molar-refractivity contribution is -0.384. The van der Waals surface area contributed by atoms with E-state index in [0.29, 0.717) is 11.6 Å². The zero-order chi connectivity index (χ0) is 22.5. The van der Waals surface area contributed by atoms with E-state index in [1.807, 2.05) is 62.4 Å². The van der Waals surface area contributed by atoms with Crippen molar-refractivity contribution in [3.05, 3.63) is 88.5 Å². The van der Waals surface area contributed by atoms with Gasteiger partial charge in [0, 0.05) is 23.1 Å². The number of hydrazone groups is 1. The number of nitrogens with zero attached hydrogens (tertiary/aromatic N) is 4. The summed E-state index contributed by atoms with van der Waals surface area (Å²) in [5, 5.41) is 15.9. The number of nitro groups is 1. The van der Waals surface area contributed by atoms with Crippen LogP contribution in [0.1, 0.15) is 19.4 Å². The molecule has 0 atom stereocenters. The summed E-state index contributed by atoms with van der Waals surface area (Å²) in [6.07, 6.45) is 1.68. The maximum absolute atomic E-state index is 10.8. The molecule has 0 amide bonds. The van der Waals surface area contributed by atoms with Crippen LogP contribution in [0.5, 0.6) is 5.75 Å². The minimum Gasteiger partial charge on any atom is -0.491 e. The summed E-state index contributed by atoms with van der Waals surface area (Å²) < 4.78 is 5.70. The van der Waals surface area contributed by atoms with Gasteiger partial charge in [-0.15, -0.1) is 0 Å². The Balaban J connectivity index is 1.61. The van der Waals surface area contributed by atoms with E-state index in [1.54, 1.807) is 18.3 Å². The maximum atomic E-state index is 10.8. The third-order valence-corrected chi connectivity index (χ3v) is 4.58. The maximum Gasteiger partial charge on any atom is 0.269 e. The van der Waals surface area contributed by atoms with Gasteiger partial charge in [-0.2, -0.15) is 5.10 Å². The first-order valence-corrected chi connectivity index (χ1v) is 10.1. The van der Waals surface area contributed by atoms with E-state index in [0.717, 1.165) is 27.8 Å². The number of benzene rings is 3. The van der Waals surface area contributed by atoms with E-state index in [1.165, 1.54) is 12.1 Å². The number of nitrogens with one attached hydrogen (secondary N) is 1. The SMILES string of the molecule is CC(C)Oc1ccc(-c2nc(N/N=C/c3ccc([N+](=O)[O-])cc3)c3ccccc3n2)cc1. The van der Waals surface area contributed by atoms with Crippen molar-refractivity contribution in [1.82, 2.24) is 9.97 Å². The molecule has 1 aromatic heterocycles. The molecule has 4 rings (SSSR count). The summed E-state index contributed by atoms with van der Waals surface area (Å²) >= 11 is 0. The average Bonchev–Trinajstić information content (AvgIpc) is 2.79. The standard InChI is InChI=1S/C24H21N5O3/c1-16(2)32-20-13-9-18(10-14-20)23-26-22-6-4-3-5-21(22)24(27-23)28-25-15-17-7-11-19(12-8-17)29(30)31/h3-16H,1-2H3,(H,26,27,28)/b25-15+. The minimum absolute atomic E-state index is 0.0337. The highest BCUT2D eigenvalue weighted by Gasteiger charge is 2.10. The molecule has 0 fully saturated rings. The summed E-state index contributed by atoms with van der Waals surface area (Å²) in [7, 11) is 0. The van der Waals surface area contributed by atoms with E-state index in [2.05, 4.69) is 20.5 Å². The van der Waals surface area contributed by atoms with Crippen LogP contribution < -0.4 is 10.2 Å². The molecule has 0 aliphatic heterocycles. The number of nitro benzene ring substituents is 1. The van der Waals surface area contributed by atoms with Gasteiger partial charge in [-0.1, -0.05) is 12.1 Å². The zero-order valence-corrected chi connectivity index (χ0v) is 17.6. The molecule has 4 aromatic rings. The summed E-state index contributed by atoms with van der Waals surface area (Å²) in [6, 6.07) is 21.4. The molecule has 0 aliphatic carbocycles. The molecule has 0 aliphatic rings. The summed E-state index contributed by atoms with van der Waals surface area (Å²) in [4.78, 5) is 19.7. The third kappa shape index (κ3) is 4.86. The summed E-state index contributed by atoms with van der Waals surface area (Å²) in [6.45, 7) is 3.96. The Morgan fingerprint density at radius 3 is 2.41 bits per heavy atom. The fourth-order valence-electron chi connectivity index (χ4n) is 3.10. The van der Waals surface area contributed by atoms with Crippen molar-refractivity contribution in [2.45, 2.75) is 20.0 Å². The van der Waals surface area contributed by atoms with Gasteiger partial charge in [-0.25, -0.2) is 9.97 Å². The van der Waals surface area contributed by atoms with E-state index < -0.39 is 4.92 Å². The number of anilines is 1. The predicted molar refractivity (Wildman–Crippen MR) is 125 cm³/mol. The smallest absolute Gasteiger partial charge is 0.269 e. The number of aromatic nitrogens is 2. The average molecular weight is 427 g/mol. The van der Waals surface area contributed by atoms with E-state index in [9.17, 15) is 10.1 Å². The third-order valence-electron chi connectivity index (χ3n) is 4.58. The van der Waals surface area contributed by atoms with Crippen LogP contribution in [0.3, 0.4) is 0 Å². The molecule has 0 spiro atoms. The van der Waals surface area contributed by atoms with Gasteiger partial charge in [0.1, 0.15) is 5.75 Å². The molecule has 0 unspecified atom stereocenters. The Kier molecular flexibility index (Phi) is 6.03. The molecule has 0 radical (unpaired) electrons. The quantitative estimate of drug-likeness (QED) is 0.239. The molecular weight excluding hydrogens is 406 g/mol. The Labute approximate surface area is 184 Å². The van der Waals surface area contributed by atoms with Crippen LogP contribution in [0.15, 0.2) is 77.9 Å². The number of fused-ring (bicyclic) bond motifs is 1. The lowest BCUT2D eigenvalue weighted by Gasteiger charge is -2.11. The van der Waals surface area contributed by atoms with Gasteiger partial charge in [-0.3, -0.25) is 15.5 Å². The van der Waals surface area contributed by atoms with Crippen LogP contribution in [0.25, 0.3) is 22.3 Å². The molecule has 1 N–H and O–H groups in total. The van der Waals surface area contributed by atoms with Gasteiger partial charge in [-0.05, 0) is 67.9 Å². The highest BCUT2D eigenvalue weighted by atomic mass is 16.6. The van der Waals surface area contributed by atoms with Gasteiger partial charge in [0.2, 0.25) is 0 Å². The molecule has 0 bridgehead atoms. The number of hydrogen-bond acceptors (Lipinski definition) is 7. The Hall–Kier alpha value is -4.33. The van der Waals surface area contributed by atoms with Crippen LogP contribution in [-0.2, 0) is 0 Å². The van der Waals surface area contributed by atoms with Crippen molar-refractivity contribution in [1.29, 1.82) is 0 Å². The second-order valence-corrected chi connectivity index (χ2v) is 7.32. The van der Waals surface area contributed by atoms with Crippen molar-refractivity contribution in [2.24, 2.45) is 5.10 Å². The van der Waals surface area contributed by atoms with Crippen LogP contribution in [0, 0.1) is 10.1 Å². The molecule has 8 nitrogen and oxygen atoms in total. The number of non-ortho nitro benzene ring substituents is 1. The first kappa shape index (κ1) is 20.9. The number of ether oxygens (including phenoxy) is 1. The van der Waals surface area contributed by atoms with Gasteiger partial charge in [0.15, 0.2) is 11.6 Å². The monoisotopic (exact) mass is 427 g/mol. The normalized spacial score (nSPS) is 11.2. The van der Waals surface area contributed by atoms with E-state index in [-0.39, 0.29) is 11.8 Å². The Morgan fingerprint density at radius 1 is 1.00 bits per heavy atom. The molecule has 0 saturated carbocycles. The van der Waals surface area contributed by atoms with Crippen molar-refractivity contribution in [3.63, 3.8) is 0 Å². The summed E-state index contributed by atoms with van der Waals surface area (Å²) in [5.41, 5.74) is 5.38. The fourth-order valence-corrected chi connectivity index (χ4v) is 3.10. The van der Waals surface area contributed by atoms with Gasteiger partial charge < -0.3 is 4.74 Å². The van der Waals surface area contributed by atoms with Crippen LogP contribution in [0.2, 0.25) is 0 Å². The second kappa shape index (κ2) is 9.22. The van der Waals surface area contributed by atoms with Gasteiger partial charge in [0.05, 0.1) is 22.8 Å². The molecule has 8 heteroatoms. The van der Waals surface area contributed by atoms with Gasteiger partial charge >= 0.3 is 0 Å². The number of hydrogen-bond donors (Lipinski definition) is 1. The summed E-state index contributed by atoms with van der Waals surface area (Å²) in [5.74, 6) is 1.91. The highest BCUT2D eigenvalue weighted by Crippen LogP contribution is 2.26. The van der Waals surface area contributed by atoms with Crippen LogP contribution in [-0.4, -0.2) is 27.2 Å². The molecule has 3 aromatic carbocycles. The molecule has 0 saturated heterocycles.